The van der Waals surface area contributed by atoms with Crippen molar-refractivity contribution in [2.45, 2.75) is 6.54 Å². The molecule has 3 aromatic carbocycles. The first-order valence-electron chi connectivity index (χ1n) is 9.92. The van der Waals surface area contributed by atoms with Crippen molar-refractivity contribution < 1.29 is 13.9 Å². The average Bonchev–Trinajstić information content (AvgIpc) is 3.18. The predicted molar refractivity (Wildman–Crippen MR) is 122 cm³/mol. The quantitative estimate of drug-likeness (QED) is 0.305. The molecule has 6 nitrogen and oxygen atoms in total. The molecule has 1 amide bonds. The summed E-state index contributed by atoms with van der Waals surface area (Å²) in [5.41, 5.74) is 8.46. The van der Waals surface area contributed by atoms with Gasteiger partial charge < -0.3 is 15.0 Å². The highest BCUT2D eigenvalue weighted by atomic mass is 19.1. The minimum Gasteiger partial charge on any atom is -0.457 e. The van der Waals surface area contributed by atoms with Crippen LogP contribution in [0.5, 0.6) is 11.5 Å². The van der Waals surface area contributed by atoms with Gasteiger partial charge in [0.25, 0.3) is 0 Å². The van der Waals surface area contributed by atoms with Crippen molar-refractivity contribution in [3.8, 4) is 34.0 Å². The van der Waals surface area contributed by atoms with Crippen LogP contribution in [0.2, 0.25) is 0 Å². The zero-order valence-electron chi connectivity index (χ0n) is 17.1. The van der Waals surface area contributed by atoms with Crippen molar-refractivity contribution >= 4 is 11.9 Å². The fourth-order valence-electron chi connectivity index (χ4n) is 3.41. The molecule has 7 heteroatoms. The number of halogens is 1. The van der Waals surface area contributed by atoms with Crippen molar-refractivity contribution in [3.05, 3.63) is 96.8 Å². The van der Waals surface area contributed by atoms with Crippen molar-refractivity contribution in [3.63, 3.8) is 0 Å². The number of carbonyl (C=O) groups excluding carboxylic acids is 1. The van der Waals surface area contributed by atoms with Crippen LogP contribution >= 0.6 is 0 Å². The van der Waals surface area contributed by atoms with Crippen LogP contribution in [-0.2, 0) is 11.3 Å². The molecule has 0 radical (unpaired) electrons. The summed E-state index contributed by atoms with van der Waals surface area (Å²) in [7, 11) is 0. The molecule has 0 atom stereocenters. The lowest BCUT2D eigenvalue weighted by Gasteiger charge is -2.14. The number of hydrogen-bond acceptors (Lipinski definition) is 3. The molecule has 0 bridgehead atoms. The van der Waals surface area contributed by atoms with Crippen LogP contribution in [0.25, 0.3) is 22.5 Å². The maximum atomic E-state index is 13.4. The largest absolute Gasteiger partial charge is 0.457 e. The normalized spacial score (nSPS) is 10.5. The van der Waals surface area contributed by atoms with Crippen molar-refractivity contribution in [1.29, 1.82) is 5.41 Å². The van der Waals surface area contributed by atoms with E-state index in [9.17, 15) is 9.18 Å². The molecule has 0 aliphatic carbocycles. The Hall–Kier alpha value is -4.39. The summed E-state index contributed by atoms with van der Waals surface area (Å²) in [4.78, 5) is 12.4. The summed E-state index contributed by atoms with van der Waals surface area (Å²) in [5.74, 6) is 0.237. The van der Waals surface area contributed by atoms with Crippen LogP contribution in [0.4, 0.5) is 4.39 Å². The topological polar surface area (TPSA) is 93.1 Å². The molecule has 4 rings (SSSR count). The summed E-state index contributed by atoms with van der Waals surface area (Å²) in [6, 6.07) is 26.8. The Balaban J connectivity index is 1.67. The van der Waals surface area contributed by atoms with E-state index in [0.29, 0.717) is 5.75 Å². The summed E-state index contributed by atoms with van der Waals surface area (Å²) in [6.07, 6.45) is 0. The molecule has 0 aliphatic rings. The SMILES string of the molecule is N=C(N)NC(=O)Cn1c(-c2ccc(F)cc2)ccc1-c1ccc(Oc2ccccc2)cc1. The van der Waals surface area contributed by atoms with Gasteiger partial charge in [0.05, 0.1) is 0 Å². The lowest BCUT2D eigenvalue weighted by molar-refractivity contribution is -0.120. The van der Waals surface area contributed by atoms with E-state index >= 15 is 0 Å². The van der Waals surface area contributed by atoms with Gasteiger partial charge in [-0.05, 0) is 83.9 Å². The van der Waals surface area contributed by atoms with E-state index in [4.69, 9.17) is 15.9 Å². The number of benzene rings is 3. The summed E-state index contributed by atoms with van der Waals surface area (Å²) < 4.78 is 21.1. The van der Waals surface area contributed by atoms with Crippen LogP contribution in [-0.4, -0.2) is 16.4 Å². The van der Waals surface area contributed by atoms with Crippen molar-refractivity contribution in [1.82, 2.24) is 9.88 Å². The van der Waals surface area contributed by atoms with E-state index in [2.05, 4.69) is 5.32 Å². The number of para-hydroxylation sites is 1. The molecule has 4 aromatic rings. The fraction of sp³-hybridized carbons (Fsp3) is 0.0400. The first kappa shape index (κ1) is 20.9. The standard InChI is InChI=1S/C25H21FN4O2/c26-19-10-6-17(7-11-19)22-14-15-23(30(22)16-24(31)29-25(27)28)18-8-12-21(13-9-18)32-20-4-2-1-3-5-20/h1-15H,16H2,(H4,27,28,29,31). The fourth-order valence-corrected chi connectivity index (χ4v) is 3.41. The van der Waals surface area contributed by atoms with Crippen LogP contribution < -0.4 is 15.8 Å². The Morgan fingerprint density at radius 1 is 0.844 bits per heavy atom. The molecule has 32 heavy (non-hydrogen) atoms. The lowest BCUT2D eigenvalue weighted by Crippen LogP contribution is -2.37. The Kier molecular flexibility index (Phi) is 5.98. The first-order chi connectivity index (χ1) is 15.5. The van der Waals surface area contributed by atoms with Gasteiger partial charge >= 0.3 is 0 Å². The third-order valence-electron chi connectivity index (χ3n) is 4.83. The lowest BCUT2D eigenvalue weighted by atomic mass is 10.1. The molecular formula is C25H21FN4O2. The van der Waals surface area contributed by atoms with Gasteiger partial charge in [-0.3, -0.25) is 15.5 Å². The Morgan fingerprint density at radius 2 is 1.38 bits per heavy atom. The molecule has 1 heterocycles. The second-order valence-electron chi connectivity index (χ2n) is 7.10. The highest BCUT2D eigenvalue weighted by molar-refractivity contribution is 5.95. The second kappa shape index (κ2) is 9.18. The molecule has 0 fully saturated rings. The van der Waals surface area contributed by atoms with E-state index in [-0.39, 0.29) is 12.4 Å². The van der Waals surface area contributed by atoms with Gasteiger partial charge in [0.15, 0.2) is 5.96 Å². The maximum Gasteiger partial charge on any atom is 0.246 e. The van der Waals surface area contributed by atoms with E-state index in [1.807, 2.05) is 66.7 Å². The van der Waals surface area contributed by atoms with Crippen molar-refractivity contribution in [2.24, 2.45) is 5.73 Å². The number of amides is 1. The van der Waals surface area contributed by atoms with E-state index in [1.54, 1.807) is 16.7 Å². The third-order valence-corrected chi connectivity index (χ3v) is 4.83. The van der Waals surface area contributed by atoms with Gasteiger partial charge in [-0.2, -0.15) is 0 Å². The zero-order valence-corrected chi connectivity index (χ0v) is 17.1. The smallest absolute Gasteiger partial charge is 0.246 e. The number of ether oxygens (including phenoxy) is 1. The molecule has 4 N–H and O–H groups in total. The Morgan fingerprint density at radius 3 is 1.94 bits per heavy atom. The van der Waals surface area contributed by atoms with Crippen LogP contribution in [0, 0.1) is 11.2 Å². The van der Waals surface area contributed by atoms with Gasteiger partial charge in [-0.1, -0.05) is 18.2 Å². The number of nitrogens with two attached hydrogens (primary N) is 1. The average molecular weight is 428 g/mol. The molecule has 1 aromatic heterocycles. The summed E-state index contributed by atoms with van der Waals surface area (Å²) in [6.45, 7) is -0.0586. The first-order valence-corrected chi connectivity index (χ1v) is 9.92. The molecule has 160 valence electrons. The van der Waals surface area contributed by atoms with Gasteiger partial charge in [0, 0.05) is 11.4 Å². The van der Waals surface area contributed by atoms with Crippen LogP contribution in [0.1, 0.15) is 0 Å². The molecule has 0 spiro atoms. The summed E-state index contributed by atoms with van der Waals surface area (Å²) >= 11 is 0. The number of rotatable bonds is 6. The predicted octanol–water partition coefficient (Wildman–Crippen LogP) is 4.76. The number of aromatic nitrogens is 1. The van der Waals surface area contributed by atoms with Crippen molar-refractivity contribution in [2.75, 3.05) is 0 Å². The van der Waals surface area contributed by atoms with E-state index < -0.39 is 11.9 Å². The number of nitrogens with one attached hydrogen (secondary N) is 2. The molecule has 0 unspecified atom stereocenters. The van der Waals surface area contributed by atoms with E-state index in [1.165, 1.54) is 12.1 Å². The Labute approximate surface area is 184 Å². The number of nitrogens with zero attached hydrogens (tertiary/aromatic N) is 1. The summed E-state index contributed by atoms with van der Waals surface area (Å²) in [5, 5.41) is 9.61. The highest BCUT2D eigenvalue weighted by Crippen LogP contribution is 2.31. The minimum atomic E-state index is -0.428. The highest BCUT2D eigenvalue weighted by Gasteiger charge is 2.15. The number of guanidine groups is 1. The molecule has 0 saturated heterocycles. The molecular weight excluding hydrogens is 407 g/mol. The van der Waals surface area contributed by atoms with Gasteiger partial charge in [0.1, 0.15) is 23.9 Å². The van der Waals surface area contributed by atoms with Crippen LogP contribution in [0.3, 0.4) is 0 Å². The molecule has 0 saturated carbocycles. The second-order valence-corrected chi connectivity index (χ2v) is 7.10. The Bertz CT molecular complexity index is 1230. The van der Waals surface area contributed by atoms with Gasteiger partial charge in [-0.15, -0.1) is 0 Å². The van der Waals surface area contributed by atoms with E-state index in [0.717, 1.165) is 28.3 Å². The molecule has 0 aliphatic heterocycles. The number of carbonyl (C=O) groups is 1. The monoisotopic (exact) mass is 428 g/mol. The van der Waals surface area contributed by atoms with Gasteiger partial charge in [0.2, 0.25) is 5.91 Å². The maximum absolute atomic E-state index is 13.4. The zero-order chi connectivity index (χ0) is 22.5. The minimum absolute atomic E-state index is 0.0586. The van der Waals surface area contributed by atoms with Crippen LogP contribution in [0.15, 0.2) is 91.0 Å². The number of hydrogen-bond donors (Lipinski definition) is 3. The van der Waals surface area contributed by atoms with Gasteiger partial charge in [-0.25, -0.2) is 4.39 Å². The third kappa shape index (κ3) is 4.84.